The second-order valence-electron chi connectivity index (χ2n) is 8.17. The SMILES string of the molecule is Cc1c(Cl)cccc1-n1c(SC(C)C(=O)NCCC2=CCCCC2)nnc1-c1ccncc1. The molecule has 0 fully saturated rings. The summed E-state index contributed by atoms with van der Waals surface area (Å²) in [5.74, 6) is 0.682. The van der Waals surface area contributed by atoms with Crippen LogP contribution in [-0.2, 0) is 4.79 Å². The van der Waals surface area contributed by atoms with Crippen LogP contribution >= 0.6 is 23.4 Å². The Morgan fingerprint density at radius 2 is 2.03 bits per heavy atom. The maximum Gasteiger partial charge on any atom is 0.233 e. The first kappa shape index (κ1) is 23.5. The highest BCUT2D eigenvalue weighted by molar-refractivity contribution is 8.00. The van der Waals surface area contributed by atoms with Crippen molar-refractivity contribution in [2.75, 3.05) is 6.54 Å². The van der Waals surface area contributed by atoms with Gasteiger partial charge in [0.2, 0.25) is 5.91 Å². The number of thioether (sulfide) groups is 1. The lowest BCUT2D eigenvalue weighted by molar-refractivity contribution is -0.120. The highest BCUT2D eigenvalue weighted by Gasteiger charge is 2.23. The van der Waals surface area contributed by atoms with Gasteiger partial charge < -0.3 is 5.32 Å². The molecule has 0 saturated carbocycles. The van der Waals surface area contributed by atoms with E-state index in [2.05, 4.69) is 26.6 Å². The summed E-state index contributed by atoms with van der Waals surface area (Å²) in [4.78, 5) is 16.9. The number of pyridine rings is 1. The number of carbonyl (C=O) groups excluding carboxylic acids is 1. The fourth-order valence-corrected chi connectivity index (χ4v) is 4.98. The van der Waals surface area contributed by atoms with Gasteiger partial charge in [-0.3, -0.25) is 14.3 Å². The predicted molar refractivity (Wildman–Crippen MR) is 134 cm³/mol. The highest BCUT2D eigenvalue weighted by Crippen LogP contribution is 2.33. The van der Waals surface area contributed by atoms with Gasteiger partial charge in [0.25, 0.3) is 0 Å². The van der Waals surface area contributed by atoms with Crippen molar-refractivity contribution in [2.24, 2.45) is 0 Å². The van der Waals surface area contributed by atoms with Crippen molar-refractivity contribution in [3.05, 3.63) is 65.0 Å². The highest BCUT2D eigenvalue weighted by atomic mass is 35.5. The molecule has 1 aromatic carbocycles. The molecule has 1 amide bonds. The smallest absolute Gasteiger partial charge is 0.233 e. The molecule has 0 saturated heterocycles. The number of rotatable bonds is 8. The van der Waals surface area contributed by atoms with Gasteiger partial charge in [0.05, 0.1) is 10.9 Å². The molecule has 172 valence electrons. The zero-order chi connectivity index (χ0) is 23.2. The lowest BCUT2D eigenvalue weighted by Gasteiger charge is -2.16. The van der Waals surface area contributed by atoms with Crippen molar-refractivity contribution in [1.29, 1.82) is 0 Å². The van der Waals surface area contributed by atoms with Gasteiger partial charge >= 0.3 is 0 Å². The molecule has 1 aliphatic carbocycles. The second-order valence-corrected chi connectivity index (χ2v) is 9.89. The van der Waals surface area contributed by atoms with E-state index in [1.165, 1.54) is 30.2 Å². The third kappa shape index (κ3) is 5.65. The molecular weight excluding hydrogens is 454 g/mol. The first-order valence-electron chi connectivity index (χ1n) is 11.3. The quantitative estimate of drug-likeness (QED) is 0.326. The second kappa shape index (κ2) is 11.0. The van der Waals surface area contributed by atoms with E-state index in [9.17, 15) is 4.79 Å². The molecule has 0 bridgehead atoms. The van der Waals surface area contributed by atoms with Crippen LogP contribution in [0.1, 0.15) is 44.6 Å². The average molecular weight is 482 g/mol. The van der Waals surface area contributed by atoms with Crippen molar-refractivity contribution >= 4 is 29.3 Å². The number of nitrogens with zero attached hydrogens (tertiary/aromatic N) is 4. The number of halogens is 1. The number of aromatic nitrogens is 4. The zero-order valence-electron chi connectivity index (χ0n) is 18.9. The molecule has 0 radical (unpaired) electrons. The van der Waals surface area contributed by atoms with Gasteiger partial charge in [-0.05, 0) is 75.8 Å². The van der Waals surface area contributed by atoms with Crippen LogP contribution in [0.4, 0.5) is 0 Å². The van der Waals surface area contributed by atoms with Crippen LogP contribution < -0.4 is 5.32 Å². The summed E-state index contributed by atoms with van der Waals surface area (Å²) in [6.07, 6.45) is 11.5. The molecule has 2 aromatic heterocycles. The Morgan fingerprint density at radius 1 is 1.21 bits per heavy atom. The molecule has 1 atom stereocenters. The number of hydrogen-bond donors (Lipinski definition) is 1. The Bertz CT molecular complexity index is 1140. The van der Waals surface area contributed by atoms with Crippen molar-refractivity contribution in [3.8, 4) is 17.1 Å². The topological polar surface area (TPSA) is 72.7 Å². The van der Waals surface area contributed by atoms with Crippen LogP contribution in [0.3, 0.4) is 0 Å². The number of nitrogens with one attached hydrogen (secondary N) is 1. The normalized spacial score (nSPS) is 14.6. The van der Waals surface area contributed by atoms with Crippen molar-refractivity contribution in [1.82, 2.24) is 25.1 Å². The molecular formula is C25H28ClN5OS. The fourth-order valence-electron chi connectivity index (χ4n) is 3.92. The Labute approximate surface area is 203 Å². The standard InChI is InChI=1S/C25H28ClN5OS/c1-17-21(26)9-6-10-22(17)31-23(20-12-14-27-15-13-20)29-30-25(31)33-18(2)24(32)28-16-11-19-7-4-3-5-8-19/h6-7,9-10,12-15,18H,3-5,8,11,16H2,1-2H3,(H,28,32). The average Bonchev–Trinajstić information content (AvgIpc) is 3.25. The summed E-state index contributed by atoms with van der Waals surface area (Å²) < 4.78 is 1.97. The van der Waals surface area contributed by atoms with Crippen LogP contribution in [0.2, 0.25) is 5.02 Å². The van der Waals surface area contributed by atoms with E-state index in [0.717, 1.165) is 36.1 Å². The molecule has 4 rings (SSSR count). The van der Waals surface area contributed by atoms with Gasteiger partial charge in [0.15, 0.2) is 11.0 Å². The van der Waals surface area contributed by atoms with Crippen molar-refractivity contribution in [3.63, 3.8) is 0 Å². The van der Waals surface area contributed by atoms with Crippen LogP contribution in [0.25, 0.3) is 17.1 Å². The lowest BCUT2D eigenvalue weighted by atomic mass is 9.97. The van der Waals surface area contributed by atoms with E-state index in [4.69, 9.17) is 11.6 Å². The largest absolute Gasteiger partial charge is 0.355 e. The van der Waals surface area contributed by atoms with Gasteiger partial charge in [0.1, 0.15) is 0 Å². The molecule has 8 heteroatoms. The van der Waals surface area contributed by atoms with Gasteiger partial charge in [-0.15, -0.1) is 10.2 Å². The van der Waals surface area contributed by atoms with E-state index in [-0.39, 0.29) is 11.2 Å². The predicted octanol–water partition coefficient (Wildman–Crippen LogP) is 5.78. The Kier molecular flexibility index (Phi) is 7.83. The number of hydrogen-bond acceptors (Lipinski definition) is 5. The molecule has 2 heterocycles. The molecule has 1 aliphatic rings. The number of amides is 1. The molecule has 3 aromatic rings. The van der Waals surface area contributed by atoms with E-state index < -0.39 is 0 Å². The van der Waals surface area contributed by atoms with E-state index >= 15 is 0 Å². The minimum atomic E-state index is -0.321. The Morgan fingerprint density at radius 3 is 2.79 bits per heavy atom. The van der Waals surface area contributed by atoms with Gasteiger partial charge in [-0.1, -0.05) is 41.1 Å². The third-order valence-electron chi connectivity index (χ3n) is 5.83. The van der Waals surface area contributed by atoms with Crippen LogP contribution in [0.15, 0.2) is 59.5 Å². The van der Waals surface area contributed by atoms with Crippen LogP contribution in [-0.4, -0.2) is 37.5 Å². The monoisotopic (exact) mass is 481 g/mol. The molecule has 6 nitrogen and oxygen atoms in total. The Hall–Kier alpha value is -2.64. The number of allylic oxidation sites excluding steroid dienone is 1. The van der Waals surface area contributed by atoms with Crippen molar-refractivity contribution < 1.29 is 4.79 Å². The minimum absolute atomic E-state index is 0.000707. The summed E-state index contributed by atoms with van der Waals surface area (Å²) in [5.41, 5.74) is 4.16. The fraction of sp³-hybridized carbons (Fsp3) is 0.360. The lowest BCUT2D eigenvalue weighted by Crippen LogP contribution is -2.32. The molecule has 1 unspecified atom stereocenters. The summed E-state index contributed by atoms with van der Waals surface area (Å²) in [5, 5.41) is 13.0. The first-order valence-corrected chi connectivity index (χ1v) is 12.5. The van der Waals surface area contributed by atoms with E-state index in [1.54, 1.807) is 12.4 Å². The first-order chi connectivity index (χ1) is 16.0. The van der Waals surface area contributed by atoms with Gasteiger partial charge in [-0.2, -0.15) is 0 Å². The maximum absolute atomic E-state index is 12.8. The number of carbonyl (C=O) groups is 1. The summed E-state index contributed by atoms with van der Waals surface area (Å²) >= 11 is 7.81. The zero-order valence-corrected chi connectivity index (χ0v) is 20.5. The van der Waals surface area contributed by atoms with Crippen LogP contribution in [0.5, 0.6) is 0 Å². The number of benzene rings is 1. The molecule has 1 N–H and O–H groups in total. The summed E-state index contributed by atoms with van der Waals surface area (Å²) in [6, 6.07) is 9.55. The van der Waals surface area contributed by atoms with Crippen LogP contribution in [0, 0.1) is 6.92 Å². The Balaban J connectivity index is 1.54. The van der Waals surface area contributed by atoms with E-state index in [1.807, 2.05) is 48.7 Å². The van der Waals surface area contributed by atoms with Crippen molar-refractivity contribution in [2.45, 2.75) is 56.4 Å². The van der Waals surface area contributed by atoms with Gasteiger partial charge in [-0.25, -0.2) is 0 Å². The van der Waals surface area contributed by atoms with E-state index in [0.29, 0.717) is 22.5 Å². The molecule has 0 aliphatic heterocycles. The molecule has 0 spiro atoms. The third-order valence-corrected chi connectivity index (χ3v) is 7.29. The molecule has 33 heavy (non-hydrogen) atoms. The maximum atomic E-state index is 12.8. The van der Waals surface area contributed by atoms with Gasteiger partial charge in [0, 0.05) is 29.5 Å². The minimum Gasteiger partial charge on any atom is -0.355 e. The summed E-state index contributed by atoms with van der Waals surface area (Å²) in [7, 11) is 0. The summed E-state index contributed by atoms with van der Waals surface area (Å²) in [6.45, 7) is 4.53.